The highest BCUT2D eigenvalue weighted by atomic mass is 16.2. The Balaban J connectivity index is 1.33. The van der Waals surface area contributed by atoms with Crippen LogP contribution >= 0.6 is 0 Å². The molecule has 0 unspecified atom stereocenters. The van der Waals surface area contributed by atoms with Crippen molar-refractivity contribution in [1.29, 1.82) is 0 Å². The van der Waals surface area contributed by atoms with E-state index in [9.17, 15) is 4.79 Å². The zero-order chi connectivity index (χ0) is 18.6. The van der Waals surface area contributed by atoms with E-state index >= 15 is 0 Å². The summed E-state index contributed by atoms with van der Waals surface area (Å²) in [5, 5.41) is 8.82. The van der Waals surface area contributed by atoms with Gasteiger partial charge in [0.25, 0.3) is 0 Å². The molecule has 4 rings (SSSR count). The van der Waals surface area contributed by atoms with Gasteiger partial charge in [-0.05, 0) is 37.4 Å². The van der Waals surface area contributed by atoms with Gasteiger partial charge >= 0.3 is 0 Å². The van der Waals surface area contributed by atoms with E-state index in [1.165, 1.54) is 5.56 Å². The number of hydrogen-bond acceptors (Lipinski definition) is 3. The molecule has 1 N–H and O–H groups in total. The van der Waals surface area contributed by atoms with Crippen molar-refractivity contribution < 1.29 is 4.79 Å². The number of hydrogen-bond donors (Lipinski definition) is 1. The van der Waals surface area contributed by atoms with Crippen LogP contribution in [0.2, 0.25) is 0 Å². The minimum atomic E-state index is 0.0684. The molecule has 27 heavy (non-hydrogen) atoms. The quantitative estimate of drug-likeness (QED) is 0.733. The van der Waals surface area contributed by atoms with Gasteiger partial charge in [-0.1, -0.05) is 48.5 Å². The number of likely N-dealkylation sites (tertiary alicyclic amines) is 1. The van der Waals surface area contributed by atoms with Crippen LogP contribution in [-0.4, -0.2) is 40.2 Å². The molecule has 5 heteroatoms. The van der Waals surface area contributed by atoms with Crippen LogP contribution in [0.25, 0.3) is 10.9 Å². The maximum absolute atomic E-state index is 12.4. The third-order valence-corrected chi connectivity index (χ3v) is 5.40. The number of nitrogens with one attached hydrogen (secondary N) is 1. The molecular formula is C22H26N4O. The van der Waals surface area contributed by atoms with Crippen molar-refractivity contribution in [3.8, 4) is 0 Å². The zero-order valence-electron chi connectivity index (χ0n) is 15.8. The fraction of sp³-hybridized carbons (Fsp3) is 0.364. The Bertz CT molecular complexity index is 918. The number of rotatable bonds is 6. The number of amides is 1. The number of carbonyl (C=O) groups excluding carboxylic acids is 1. The number of nitrogens with zero attached hydrogens (tertiary/aromatic N) is 3. The first-order chi connectivity index (χ1) is 13.2. The Morgan fingerprint density at radius 1 is 1.15 bits per heavy atom. The third kappa shape index (κ3) is 3.88. The molecule has 1 saturated heterocycles. The molecule has 0 saturated carbocycles. The first-order valence-corrected chi connectivity index (χ1v) is 9.73. The average Bonchev–Trinajstić information content (AvgIpc) is 3.32. The molecule has 140 valence electrons. The van der Waals surface area contributed by atoms with Gasteiger partial charge in [0.05, 0.1) is 24.3 Å². The summed E-state index contributed by atoms with van der Waals surface area (Å²) in [4.78, 5) is 14.7. The van der Waals surface area contributed by atoms with Crippen molar-refractivity contribution in [3.63, 3.8) is 0 Å². The predicted molar refractivity (Wildman–Crippen MR) is 107 cm³/mol. The van der Waals surface area contributed by atoms with Gasteiger partial charge < -0.3 is 5.32 Å². The zero-order valence-corrected chi connectivity index (χ0v) is 15.8. The SMILES string of the molecule is CCn1nc(CNC(=O)CN2CC[C@H](c3ccccc3)C2)c2ccccc21. The van der Waals surface area contributed by atoms with Crippen LogP contribution in [-0.2, 0) is 17.9 Å². The molecule has 1 atom stereocenters. The maximum Gasteiger partial charge on any atom is 0.234 e. The van der Waals surface area contributed by atoms with E-state index in [0.29, 0.717) is 19.0 Å². The summed E-state index contributed by atoms with van der Waals surface area (Å²) >= 11 is 0. The summed E-state index contributed by atoms with van der Waals surface area (Å²) < 4.78 is 1.99. The molecule has 1 aliphatic rings. The second kappa shape index (κ2) is 7.92. The van der Waals surface area contributed by atoms with E-state index in [0.717, 1.165) is 42.7 Å². The molecule has 1 aliphatic heterocycles. The smallest absolute Gasteiger partial charge is 0.234 e. The molecule has 0 spiro atoms. The Morgan fingerprint density at radius 2 is 1.93 bits per heavy atom. The average molecular weight is 362 g/mol. The molecule has 5 nitrogen and oxygen atoms in total. The van der Waals surface area contributed by atoms with E-state index in [1.807, 2.05) is 22.9 Å². The predicted octanol–water partition coefficient (Wildman–Crippen LogP) is 3.16. The maximum atomic E-state index is 12.4. The second-order valence-electron chi connectivity index (χ2n) is 7.19. The minimum absolute atomic E-state index is 0.0684. The Labute approximate surface area is 160 Å². The summed E-state index contributed by atoms with van der Waals surface area (Å²) in [5.74, 6) is 0.599. The highest BCUT2D eigenvalue weighted by Crippen LogP contribution is 2.26. The molecule has 0 aliphatic carbocycles. The van der Waals surface area contributed by atoms with Crippen LogP contribution in [0, 0.1) is 0 Å². The molecule has 0 bridgehead atoms. The molecule has 2 heterocycles. The third-order valence-electron chi connectivity index (χ3n) is 5.40. The molecule has 3 aromatic rings. The number of aryl methyl sites for hydroxylation is 1. The number of fused-ring (bicyclic) bond motifs is 1. The summed E-state index contributed by atoms with van der Waals surface area (Å²) in [6.07, 6.45) is 1.11. The van der Waals surface area contributed by atoms with Crippen LogP contribution in [0.1, 0.15) is 30.5 Å². The number of para-hydroxylation sites is 1. The largest absolute Gasteiger partial charge is 0.349 e. The van der Waals surface area contributed by atoms with Gasteiger partial charge in [0.1, 0.15) is 0 Å². The molecular weight excluding hydrogens is 336 g/mol. The first-order valence-electron chi connectivity index (χ1n) is 9.73. The molecule has 0 radical (unpaired) electrons. The van der Waals surface area contributed by atoms with E-state index in [1.54, 1.807) is 0 Å². The van der Waals surface area contributed by atoms with Crippen molar-refractivity contribution in [1.82, 2.24) is 20.0 Å². The van der Waals surface area contributed by atoms with Gasteiger partial charge in [0.15, 0.2) is 0 Å². The van der Waals surface area contributed by atoms with Gasteiger partial charge in [0.2, 0.25) is 5.91 Å². The molecule has 1 aromatic heterocycles. The van der Waals surface area contributed by atoms with E-state index in [2.05, 4.69) is 58.6 Å². The van der Waals surface area contributed by atoms with Crippen LogP contribution in [0.3, 0.4) is 0 Å². The summed E-state index contributed by atoms with van der Waals surface area (Å²) in [6, 6.07) is 18.8. The van der Waals surface area contributed by atoms with E-state index < -0.39 is 0 Å². The lowest BCUT2D eigenvalue weighted by atomic mass is 9.99. The number of carbonyl (C=O) groups is 1. The van der Waals surface area contributed by atoms with Crippen LogP contribution in [0.15, 0.2) is 54.6 Å². The van der Waals surface area contributed by atoms with Gasteiger partial charge in [-0.15, -0.1) is 0 Å². The van der Waals surface area contributed by atoms with Crippen molar-refractivity contribution in [3.05, 3.63) is 65.9 Å². The Hall–Kier alpha value is -2.66. The van der Waals surface area contributed by atoms with Crippen molar-refractivity contribution in [2.75, 3.05) is 19.6 Å². The summed E-state index contributed by atoms with van der Waals surface area (Å²) in [5.41, 5.74) is 3.43. The normalized spacial score (nSPS) is 17.4. The van der Waals surface area contributed by atoms with Gasteiger partial charge in [-0.2, -0.15) is 5.10 Å². The molecule has 2 aromatic carbocycles. The van der Waals surface area contributed by atoms with Gasteiger partial charge in [0, 0.05) is 18.5 Å². The second-order valence-corrected chi connectivity index (χ2v) is 7.19. The lowest BCUT2D eigenvalue weighted by molar-refractivity contribution is -0.122. The minimum Gasteiger partial charge on any atom is -0.349 e. The van der Waals surface area contributed by atoms with Gasteiger partial charge in [-0.3, -0.25) is 14.4 Å². The number of aromatic nitrogens is 2. The fourth-order valence-electron chi connectivity index (χ4n) is 3.98. The van der Waals surface area contributed by atoms with Crippen LogP contribution < -0.4 is 5.32 Å². The van der Waals surface area contributed by atoms with Crippen LogP contribution in [0.4, 0.5) is 0 Å². The highest BCUT2D eigenvalue weighted by Gasteiger charge is 2.25. The molecule has 1 amide bonds. The highest BCUT2D eigenvalue weighted by molar-refractivity contribution is 5.83. The van der Waals surface area contributed by atoms with Crippen molar-refractivity contribution in [2.24, 2.45) is 0 Å². The topological polar surface area (TPSA) is 50.2 Å². The summed E-state index contributed by atoms with van der Waals surface area (Å²) in [7, 11) is 0. The number of benzene rings is 2. The fourth-order valence-corrected chi connectivity index (χ4v) is 3.98. The first kappa shape index (κ1) is 17.7. The van der Waals surface area contributed by atoms with Crippen LogP contribution in [0.5, 0.6) is 0 Å². The lowest BCUT2D eigenvalue weighted by Gasteiger charge is -2.15. The van der Waals surface area contributed by atoms with E-state index in [-0.39, 0.29) is 5.91 Å². The van der Waals surface area contributed by atoms with Crippen molar-refractivity contribution >= 4 is 16.8 Å². The monoisotopic (exact) mass is 362 g/mol. The van der Waals surface area contributed by atoms with Crippen molar-refractivity contribution in [2.45, 2.75) is 32.4 Å². The Kier molecular flexibility index (Phi) is 5.21. The standard InChI is InChI=1S/C22H26N4O/c1-2-26-21-11-7-6-10-19(21)20(24-26)14-23-22(27)16-25-13-12-18(15-25)17-8-4-3-5-9-17/h3-11,18H,2,12-16H2,1H3,(H,23,27)/t18-/m0/s1. The lowest BCUT2D eigenvalue weighted by Crippen LogP contribution is -2.35. The molecule has 1 fully saturated rings. The van der Waals surface area contributed by atoms with E-state index in [4.69, 9.17) is 0 Å². The Morgan fingerprint density at radius 3 is 2.74 bits per heavy atom. The summed E-state index contributed by atoms with van der Waals surface area (Å²) in [6.45, 7) is 5.75. The van der Waals surface area contributed by atoms with Gasteiger partial charge in [-0.25, -0.2) is 0 Å².